The monoisotopic (exact) mass is 237 g/mol. The lowest BCUT2D eigenvalue weighted by Gasteiger charge is -2.14. The summed E-state index contributed by atoms with van der Waals surface area (Å²) in [4.78, 5) is 10.7. The standard InChI is InChI=1S/C11H15N3OS/c1-3-8(5-15)14-10-9-4-7(2)16-11(9)13-6-12-10/h4,6,8,15H,3,5H2,1-2H3,(H,12,13,14). The number of aromatic nitrogens is 2. The van der Waals surface area contributed by atoms with Gasteiger partial charge in [0.05, 0.1) is 18.0 Å². The van der Waals surface area contributed by atoms with Crippen molar-refractivity contribution in [2.45, 2.75) is 26.3 Å². The number of hydrogen-bond donors (Lipinski definition) is 2. The van der Waals surface area contributed by atoms with Crippen molar-refractivity contribution in [1.82, 2.24) is 9.97 Å². The number of rotatable bonds is 4. The Hall–Kier alpha value is -1.20. The zero-order chi connectivity index (χ0) is 11.5. The first-order chi connectivity index (χ1) is 7.74. The summed E-state index contributed by atoms with van der Waals surface area (Å²) in [5.74, 6) is 0.815. The van der Waals surface area contributed by atoms with Gasteiger partial charge >= 0.3 is 0 Å². The van der Waals surface area contributed by atoms with Crippen LogP contribution in [0.3, 0.4) is 0 Å². The average Bonchev–Trinajstić information content (AvgIpc) is 2.67. The molecule has 1 unspecified atom stereocenters. The summed E-state index contributed by atoms with van der Waals surface area (Å²) in [6.07, 6.45) is 2.43. The van der Waals surface area contributed by atoms with E-state index in [9.17, 15) is 0 Å². The van der Waals surface area contributed by atoms with Gasteiger partial charge in [-0.05, 0) is 19.4 Å². The highest BCUT2D eigenvalue weighted by atomic mass is 32.1. The van der Waals surface area contributed by atoms with Gasteiger partial charge in [-0.3, -0.25) is 0 Å². The second kappa shape index (κ2) is 4.76. The third-order valence-corrected chi connectivity index (χ3v) is 3.47. The Labute approximate surface area is 98.4 Å². The van der Waals surface area contributed by atoms with E-state index >= 15 is 0 Å². The van der Waals surface area contributed by atoms with Gasteiger partial charge in [-0.15, -0.1) is 11.3 Å². The molecule has 0 fully saturated rings. The molecule has 5 heteroatoms. The van der Waals surface area contributed by atoms with E-state index in [0.29, 0.717) is 0 Å². The highest BCUT2D eigenvalue weighted by Crippen LogP contribution is 2.27. The normalized spacial score (nSPS) is 12.9. The van der Waals surface area contributed by atoms with Crippen LogP contribution in [0.25, 0.3) is 10.2 Å². The van der Waals surface area contributed by atoms with E-state index in [0.717, 1.165) is 22.5 Å². The first-order valence-corrected chi connectivity index (χ1v) is 6.14. The van der Waals surface area contributed by atoms with Crippen molar-refractivity contribution in [3.8, 4) is 0 Å². The molecule has 0 saturated carbocycles. The molecule has 4 nitrogen and oxygen atoms in total. The van der Waals surface area contributed by atoms with E-state index in [4.69, 9.17) is 5.11 Å². The summed E-state index contributed by atoms with van der Waals surface area (Å²) in [5.41, 5.74) is 0. The molecule has 0 amide bonds. The Morgan fingerprint density at radius 2 is 2.31 bits per heavy atom. The molecule has 0 saturated heterocycles. The van der Waals surface area contributed by atoms with Crippen LogP contribution in [0.4, 0.5) is 5.82 Å². The van der Waals surface area contributed by atoms with Crippen molar-refractivity contribution < 1.29 is 5.11 Å². The maximum absolute atomic E-state index is 9.16. The van der Waals surface area contributed by atoms with Crippen LogP contribution < -0.4 is 5.32 Å². The van der Waals surface area contributed by atoms with Crippen LogP contribution in [0, 0.1) is 6.92 Å². The predicted molar refractivity (Wildman–Crippen MR) is 66.9 cm³/mol. The Morgan fingerprint density at radius 1 is 1.50 bits per heavy atom. The van der Waals surface area contributed by atoms with Gasteiger partial charge in [0, 0.05) is 4.88 Å². The number of aliphatic hydroxyl groups excluding tert-OH is 1. The van der Waals surface area contributed by atoms with E-state index in [1.807, 2.05) is 6.92 Å². The summed E-state index contributed by atoms with van der Waals surface area (Å²) < 4.78 is 0. The fourth-order valence-corrected chi connectivity index (χ4v) is 2.41. The minimum atomic E-state index is 0.0540. The van der Waals surface area contributed by atoms with Crippen molar-refractivity contribution in [3.05, 3.63) is 17.3 Å². The van der Waals surface area contributed by atoms with Gasteiger partial charge in [0.1, 0.15) is 17.0 Å². The number of aliphatic hydroxyl groups is 1. The highest BCUT2D eigenvalue weighted by molar-refractivity contribution is 7.18. The average molecular weight is 237 g/mol. The fourth-order valence-electron chi connectivity index (χ4n) is 1.56. The molecule has 1 atom stereocenters. The third-order valence-electron chi connectivity index (χ3n) is 2.51. The Balaban J connectivity index is 2.36. The molecule has 2 aromatic rings. The molecule has 2 aromatic heterocycles. The lowest BCUT2D eigenvalue weighted by atomic mass is 10.2. The highest BCUT2D eigenvalue weighted by Gasteiger charge is 2.10. The largest absolute Gasteiger partial charge is 0.394 e. The molecular formula is C11H15N3OS. The van der Waals surface area contributed by atoms with Crippen molar-refractivity contribution in [1.29, 1.82) is 0 Å². The Morgan fingerprint density at radius 3 is 3.00 bits per heavy atom. The van der Waals surface area contributed by atoms with Crippen LogP contribution in [0.5, 0.6) is 0 Å². The second-order valence-electron chi connectivity index (χ2n) is 3.73. The van der Waals surface area contributed by atoms with Gasteiger partial charge in [0.25, 0.3) is 0 Å². The summed E-state index contributed by atoms with van der Waals surface area (Å²) in [6.45, 7) is 4.20. The van der Waals surface area contributed by atoms with Crippen LogP contribution in [0.1, 0.15) is 18.2 Å². The molecule has 2 heterocycles. The smallest absolute Gasteiger partial charge is 0.138 e. The van der Waals surface area contributed by atoms with Crippen molar-refractivity contribution >= 4 is 27.4 Å². The summed E-state index contributed by atoms with van der Waals surface area (Å²) in [5, 5.41) is 13.4. The van der Waals surface area contributed by atoms with Gasteiger partial charge in [-0.1, -0.05) is 6.92 Å². The predicted octanol–water partition coefficient (Wildman–Crippen LogP) is 2.18. The van der Waals surface area contributed by atoms with E-state index in [1.54, 1.807) is 17.7 Å². The Kier molecular flexibility index (Phi) is 3.36. The van der Waals surface area contributed by atoms with Gasteiger partial charge in [0.2, 0.25) is 0 Å². The zero-order valence-electron chi connectivity index (χ0n) is 9.40. The maximum atomic E-state index is 9.16. The van der Waals surface area contributed by atoms with Crippen LogP contribution >= 0.6 is 11.3 Å². The number of nitrogens with one attached hydrogen (secondary N) is 1. The lowest BCUT2D eigenvalue weighted by molar-refractivity contribution is 0.271. The second-order valence-corrected chi connectivity index (χ2v) is 4.97. The van der Waals surface area contributed by atoms with Crippen LogP contribution in [-0.4, -0.2) is 27.7 Å². The molecule has 2 N–H and O–H groups in total. The molecule has 0 radical (unpaired) electrons. The number of thiophene rings is 1. The van der Waals surface area contributed by atoms with Gasteiger partial charge in [0.15, 0.2) is 0 Å². The Bertz CT molecular complexity index is 479. The summed E-state index contributed by atoms with van der Waals surface area (Å²) in [7, 11) is 0. The van der Waals surface area contributed by atoms with Gasteiger partial charge in [-0.2, -0.15) is 0 Å². The minimum absolute atomic E-state index is 0.0540. The molecule has 0 aliphatic heterocycles. The number of fused-ring (bicyclic) bond motifs is 1. The quantitative estimate of drug-likeness (QED) is 0.855. The molecule has 86 valence electrons. The first-order valence-electron chi connectivity index (χ1n) is 5.33. The van der Waals surface area contributed by atoms with E-state index in [1.165, 1.54) is 4.88 Å². The minimum Gasteiger partial charge on any atom is -0.394 e. The van der Waals surface area contributed by atoms with Crippen LogP contribution in [0.2, 0.25) is 0 Å². The van der Waals surface area contributed by atoms with Crippen molar-refractivity contribution in [3.63, 3.8) is 0 Å². The van der Waals surface area contributed by atoms with Crippen LogP contribution in [0.15, 0.2) is 12.4 Å². The molecule has 0 aliphatic carbocycles. The first kappa shape index (κ1) is 11.3. The van der Waals surface area contributed by atoms with Crippen molar-refractivity contribution in [2.24, 2.45) is 0 Å². The molecule has 2 rings (SSSR count). The number of anilines is 1. The molecular weight excluding hydrogens is 222 g/mol. The third kappa shape index (κ3) is 2.15. The van der Waals surface area contributed by atoms with E-state index in [2.05, 4.69) is 28.3 Å². The van der Waals surface area contributed by atoms with Gasteiger partial charge in [-0.25, -0.2) is 9.97 Å². The van der Waals surface area contributed by atoms with Crippen molar-refractivity contribution in [2.75, 3.05) is 11.9 Å². The lowest BCUT2D eigenvalue weighted by Crippen LogP contribution is -2.23. The maximum Gasteiger partial charge on any atom is 0.138 e. The topological polar surface area (TPSA) is 58.0 Å². The molecule has 0 bridgehead atoms. The molecule has 16 heavy (non-hydrogen) atoms. The summed E-state index contributed by atoms with van der Waals surface area (Å²) in [6, 6.07) is 2.13. The summed E-state index contributed by atoms with van der Waals surface area (Å²) >= 11 is 1.65. The van der Waals surface area contributed by atoms with Gasteiger partial charge < -0.3 is 10.4 Å². The number of nitrogens with zero attached hydrogens (tertiary/aromatic N) is 2. The number of aryl methyl sites for hydroxylation is 1. The van der Waals surface area contributed by atoms with E-state index in [-0.39, 0.29) is 12.6 Å². The molecule has 0 spiro atoms. The number of hydrogen-bond acceptors (Lipinski definition) is 5. The van der Waals surface area contributed by atoms with Crippen LogP contribution in [-0.2, 0) is 0 Å². The molecule has 0 aromatic carbocycles. The zero-order valence-corrected chi connectivity index (χ0v) is 10.2. The molecule has 0 aliphatic rings. The van der Waals surface area contributed by atoms with E-state index < -0.39 is 0 Å². The SMILES string of the molecule is CCC(CO)Nc1ncnc2sc(C)cc12. The fraction of sp³-hybridized carbons (Fsp3) is 0.455.